The summed E-state index contributed by atoms with van der Waals surface area (Å²) in [6.07, 6.45) is 1.52. The Balaban J connectivity index is 1.71. The maximum Gasteiger partial charge on any atom is 0.161 e. The second kappa shape index (κ2) is 8.91. The Bertz CT molecular complexity index is 965. The fraction of sp³-hybridized carbons (Fsp3) is 0.238. The molecule has 7 heteroatoms. The number of methoxy groups -OCH3 is 2. The van der Waals surface area contributed by atoms with Crippen molar-refractivity contribution in [2.45, 2.75) is 13.0 Å². The van der Waals surface area contributed by atoms with Gasteiger partial charge in [0.2, 0.25) is 0 Å². The Morgan fingerprint density at radius 3 is 2.54 bits per heavy atom. The Labute approximate surface area is 169 Å². The number of halogens is 1. The highest BCUT2D eigenvalue weighted by Crippen LogP contribution is 2.29. The largest absolute Gasteiger partial charge is 0.493 e. The van der Waals surface area contributed by atoms with Gasteiger partial charge in [0.25, 0.3) is 0 Å². The van der Waals surface area contributed by atoms with Gasteiger partial charge in [-0.15, -0.1) is 0 Å². The van der Waals surface area contributed by atoms with E-state index < -0.39 is 0 Å². The molecule has 0 bridgehead atoms. The average molecular weight is 399 g/mol. The van der Waals surface area contributed by atoms with Crippen LogP contribution in [0.1, 0.15) is 17.2 Å². The zero-order valence-corrected chi connectivity index (χ0v) is 16.8. The van der Waals surface area contributed by atoms with Crippen molar-refractivity contribution in [3.8, 4) is 22.8 Å². The van der Waals surface area contributed by atoms with Gasteiger partial charge in [0.05, 0.1) is 19.9 Å². The van der Waals surface area contributed by atoms with Crippen LogP contribution in [0.3, 0.4) is 0 Å². The fourth-order valence-electron chi connectivity index (χ4n) is 2.78. The topological polar surface area (TPSA) is 82.3 Å². The predicted molar refractivity (Wildman–Crippen MR) is 112 cm³/mol. The lowest BCUT2D eigenvalue weighted by Crippen LogP contribution is -2.21. The van der Waals surface area contributed by atoms with Crippen molar-refractivity contribution in [2.24, 2.45) is 5.73 Å². The van der Waals surface area contributed by atoms with Crippen molar-refractivity contribution < 1.29 is 9.47 Å². The molecule has 1 heterocycles. The van der Waals surface area contributed by atoms with Gasteiger partial charge in [0.15, 0.2) is 11.5 Å². The van der Waals surface area contributed by atoms with E-state index in [1.165, 1.54) is 6.33 Å². The molecular formula is C21H23ClN4O2. The fourth-order valence-corrected chi connectivity index (χ4v) is 2.96. The molecule has 0 unspecified atom stereocenters. The second-order valence-electron chi connectivity index (χ2n) is 6.35. The summed E-state index contributed by atoms with van der Waals surface area (Å²) in [6, 6.07) is 13.1. The number of nitrogens with two attached hydrogens (primary N) is 1. The molecule has 3 rings (SSSR count). The summed E-state index contributed by atoms with van der Waals surface area (Å²) in [5.41, 5.74) is 10.0. The van der Waals surface area contributed by atoms with E-state index in [0.717, 1.165) is 22.4 Å². The first-order valence-electron chi connectivity index (χ1n) is 8.81. The summed E-state index contributed by atoms with van der Waals surface area (Å²) in [5.74, 6) is 2.01. The Morgan fingerprint density at radius 2 is 1.82 bits per heavy atom. The van der Waals surface area contributed by atoms with Crippen LogP contribution < -0.4 is 20.5 Å². The smallest absolute Gasteiger partial charge is 0.161 e. The Kier molecular flexibility index (Phi) is 6.34. The minimum atomic E-state index is -0.243. The van der Waals surface area contributed by atoms with Crippen molar-refractivity contribution in [2.75, 3.05) is 26.1 Å². The molecule has 3 N–H and O–H groups in total. The number of nitrogens with one attached hydrogen (secondary N) is 1. The molecule has 0 spiro atoms. The van der Waals surface area contributed by atoms with Crippen LogP contribution >= 0.6 is 11.6 Å². The van der Waals surface area contributed by atoms with E-state index in [0.29, 0.717) is 28.9 Å². The molecule has 0 radical (unpaired) electrons. The van der Waals surface area contributed by atoms with Gasteiger partial charge < -0.3 is 20.5 Å². The number of aromatic nitrogens is 2. The van der Waals surface area contributed by atoms with Crippen molar-refractivity contribution in [1.29, 1.82) is 0 Å². The number of anilines is 1. The van der Waals surface area contributed by atoms with E-state index >= 15 is 0 Å². The quantitative estimate of drug-likeness (QED) is 0.619. The molecule has 0 aliphatic rings. The van der Waals surface area contributed by atoms with Gasteiger partial charge in [-0.25, -0.2) is 9.97 Å². The lowest BCUT2D eigenvalue weighted by molar-refractivity contribution is 0.354. The number of hydrogen-bond donors (Lipinski definition) is 2. The zero-order valence-electron chi connectivity index (χ0n) is 16.1. The minimum Gasteiger partial charge on any atom is -0.493 e. The van der Waals surface area contributed by atoms with E-state index in [-0.39, 0.29) is 6.04 Å². The molecule has 0 fully saturated rings. The monoisotopic (exact) mass is 398 g/mol. The summed E-state index contributed by atoms with van der Waals surface area (Å²) in [4.78, 5) is 8.61. The van der Waals surface area contributed by atoms with E-state index in [1.54, 1.807) is 14.2 Å². The average Bonchev–Trinajstić information content (AvgIpc) is 2.73. The third kappa shape index (κ3) is 4.52. The van der Waals surface area contributed by atoms with Crippen LogP contribution in [0.15, 0.2) is 48.8 Å². The first-order valence-corrected chi connectivity index (χ1v) is 9.19. The van der Waals surface area contributed by atoms with Gasteiger partial charge in [-0.2, -0.15) is 0 Å². The highest BCUT2D eigenvalue weighted by atomic mass is 35.5. The standard InChI is InChI=1S/C21H23ClN4O2/c1-13-4-5-15(8-16(13)22)18-10-21(26-12-25-18)24-11-17(23)14-6-7-19(27-2)20(9-14)28-3/h4-10,12,17H,11,23H2,1-3H3,(H,24,25,26)/t17-/m0/s1. The van der Waals surface area contributed by atoms with Crippen LogP contribution in [0.5, 0.6) is 11.5 Å². The molecule has 0 aliphatic heterocycles. The van der Waals surface area contributed by atoms with E-state index in [9.17, 15) is 0 Å². The second-order valence-corrected chi connectivity index (χ2v) is 6.76. The summed E-state index contributed by atoms with van der Waals surface area (Å²) >= 11 is 6.23. The molecule has 6 nitrogen and oxygen atoms in total. The number of aryl methyl sites for hydroxylation is 1. The maximum absolute atomic E-state index is 6.32. The molecule has 0 saturated carbocycles. The summed E-state index contributed by atoms with van der Waals surface area (Å²) in [7, 11) is 3.21. The summed E-state index contributed by atoms with van der Waals surface area (Å²) < 4.78 is 10.6. The summed E-state index contributed by atoms with van der Waals surface area (Å²) in [6.45, 7) is 2.47. The predicted octanol–water partition coefficient (Wildman–Crippen LogP) is 4.23. The first kappa shape index (κ1) is 19.9. The first-order chi connectivity index (χ1) is 13.5. The van der Waals surface area contributed by atoms with Gasteiger partial charge >= 0.3 is 0 Å². The van der Waals surface area contributed by atoms with Crippen molar-refractivity contribution in [1.82, 2.24) is 9.97 Å². The summed E-state index contributed by atoms with van der Waals surface area (Å²) in [5, 5.41) is 3.97. The van der Waals surface area contributed by atoms with Crippen LogP contribution in [-0.4, -0.2) is 30.7 Å². The molecule has 1 atom stereocenters. The van der Waals surface area contributed by atoms with Crippen LogP contribution in [-0.2, 0) is 0 Å². The lowest BCUT2D eigenvalue weighted by atomic mass is 10.1. The zero-order chi connectivity index (χ0) is 20.1. The van der Waals surface area contributed by atoms with E-state index in [1.807, 2.05) is 49.4 Å². The normalized spacial score (nSPS) is 11.8. The molecule has 2 aromatic carbocycles. The van der Waals surface area contributed by atoms with Crippen molar-refractivity contribution in [3.63, 3.8) is 0 Å². The molecule has 0 aliphatic carbocycles. The molecule has 28 heavy (non-hydrogen) atoms. The van der Waals surface area contributed by atoms with E-state index in [2.05, 4.69) is 15.3 Å². The number of rotatable bonds is 7. The van der Waals surface area contributed by atoms with Crippen LogP contribution in [0, 0.1) is 6.92 Å². The highest BCUT2D eigenvalue weighted by Gasteiger charge is 2.11. The number of nitrogens with zero attached hydrogens (tertiary/aromatic N) is 2. The number of hydrogen-bond acceptors (Lipinski definition) is 6. The molecular weight excluding hydrogens is 376 g/mol. The Morgan fingerprint density at radius 1 is 1.04 bits per heavy atom. The third-order valence-corrected chi connectivity index (χ3v) is 4.88. The van der Waals surface area contributed by atoms with Gasteiger partial charge in [0, 0.05) is 29.2 Å². The van der Waals surface area contributed by atoms with Gasteiger partial charge in [0.1, 0.15) is 12.1 Å². The molecule has 146 valence electrons. The van der Waals surface area contributed by atoms with Gasteiger partial charge in [-0.3, -0.25) is 0 Å². The molecule has 1 aromatic heterocycles. The number of ether oxygens (including phenoxy) is 2. The van der Waals surface area contributed by atoms with Crippen LogP contribution in [0.2, 0.25) is 5.02 Å². The van der Waals surface area contributed by atoms with Crippen molar-refractivity contribution in [3.05, 3.63) is 64.9 Å². The van der Waals surface area contributed by atoms with Crippen LogP contribution in [0.4, 0.5) is 5.82 Å². The van der Waals surface area contributed by atoms with Gasteiger partial charge in [-0.05, 0) is 36.2 Å². The van der Waals surface area contributed by atoms with Crippen LogP contribution in [0.25, 0.3) is 11.3 Å². The molecule has 0 amide bonds. The minimum absolute atomic E-state index is 0.243. The maximum atomic E-state index is 6.32. The lowest BCUT2D eigenvalue weighted by Gasteiger charge is -2.16. The molecule has 0 saturated heterocycles. The van der Waals surface area contributed by atoms with E-state index in [4.69, 9.17) is 26.8 Å². The Hall–Kier alpha value is -2.83. The highest BCUT2D eigenvalue weighted by molar-refractivity contribution is 6.31. The SMILES string of the molecule is COc1ccc([C@@H](N)CNc2cc(-c3ccc(C)c(Cl)c3)ncn2)cc1OC. The third-order valence-electron chi connectivity index (χ3n) is 4.47. The number of benzene rings is 2. The van der Waals surface area contributed by atoms with Gasteiger partial charge in [-0.1, -0.05) is 29.8 Å². The molecule has 3 aromatic rings. The van der Waals surface area contributed by atoms with Crippen molar-refractivity contribution >= 4 is 17.4 Å².